The van der Waals surface area contributed by atoms with Gasteiger partial charge < -0.3 is 4.74 Å². The van der Waals surface area contributed by atoms with Gasteiger partial charge in [-0.25, -0.2) is 17.5 Å². The molecule has 1 N–H and O–H groups in total. The van der Waals surface area contributed by atoms with Crippen molar-refractivity contribution < 1.29 is 17.5 Å². The summed E-state index contributed by atoms with van der Waals surface area (Å²) in [6, 6.07) is 10.7. The number of halogens is 1. The SMILES string of the molecule is CCOc1ccc(S(=O)(=O)NCc2ccnc(-c3cccnc3)c2)cc1F. The van der Waals surface area contributed by atoms with Gasteiger partial charge in [-0.05, 0) is 55.0 Å². The molecular weight excluding hydrogens is 369 g/mol. The van der Waals surface area contributed by atoms with E-state index in [9.17, 15) is 12.8 Å². The number of nitrogens with one attached hydrogen (secondary N) is 1. The van der Waals surface area contributed by atoms with Crippen LogP contribution in [0.3, 0.4) is 0 Å². The first-order valence-electron chi connectivity index (χ1n) is 8.27. The van der Waals surface area contributed by atoms with Gasteiger partial charge in [-0.3, -0.25) is 9.97 Å². The second kappa shape index (κ2) is 8.24. The minimum absolute atomic E-state index is 0.0201. The molecule has 3 aromatic rings. The predicted octanol–water partition coefficient (Wildman–Crippen LogP) is 3.16. The summed E-state index contributed by atoms with van der Waals surface area (Å²) in [6.07, 6.45) is 4.94. The number of pyridine rings is 2. The molecule has 6 nitrogen and oxygen atoms in total. The molecule has 0 saturated carbocycles. The zero-order chi connectivity index (χ0) is 19.3. The maximum Gasteiger partial charge on any atom is 0.240 e. The molecule has 0 radical (unpaired) electrons. The second-order valence-electron chi connectivity index (χ2n) is 5.64. The van der Waals surface area contributed by atoms with E-state index in [2.05, 4.69) is 14.7 Å². The Balaban J connectivity index is 1.75. The Morgan fingerprint density at radius 2 is 2.00 bits per heavy atom. The third-order valence-electron chi connectivity index (χ3n) is 3.76. The van der Waals surface area contributed by atoms with E-state index in [-0.39, 0.29) is 17.2 Å². The Labute approximate surface area is 157 Å². The van der Waals surface area contributed by atoms with Gasteiger partial charge in [0.25, 0.3) is 0 Å². The van der Waals surface area contributed by atoms with Crippen LogP contribution in [-0.4, -0.2) is 25.0 Å². The van der Waals surface area contributed by atoms with Crippen molar-refractivity contribution in [1.82, 2.24) is 14.7 Å². The third-order valence-corrected chi connectivity index (χ3v) is 5.16. The van der Waals surface area contributed by atoms with Crippen LogP contribution in [0.2, 0.25) is 0 Å². The van der Waals surface area contributed by atoms with Gasteiger partial charge in [0, 0.05) is 30.7 Å². The highest BCUT2D eigenvalue weighted by molar-refractivity contribution is 7.89. The van der Waals surface area contributed by atoms with Gasteiger partial charge in [0.15, 0.2) is 11.6 Å². The fraction of sp³-hybridized carbons (Fsp3) is 0.158. The zero-order valence-corrected chi connectivity index (χ0v) is 15.4. The second-order valence-corrected chi connectivity index (χ2v) is 7.41. The van der Waals surface area contributed by atoms with Crippen molar-refractivity contribution in [2.24, 2.45) is 0 Å². The van der Waals surface area contributed by atoms with Crippen molar-refractivity contribution in [3.63, 3.8) is 0 Å². The van der Waals surface area contributed by atoms with Crippen LogP contribution in [0.25, 0.3) is 11.3 Å². The van der Waals surface area contributed by atoms with E-state index in [0.717, 1.165) is 17.2 Å². The molecule has 0 aliphatic heterocycles. The molecule has 0 fully saturated rings. The molecule has 140 valence electrons. The predicted molar refractivity (Wildman–Crippen MR) is 99.1 cm³/mol. The topological polar surface area (TPSA) is 81.2 Å². The van der Waals surface area contributed by atoms with Crippen molar-refractivity contribution in [3.8, 4) is 17.0 Å². The summed E-state index contributed by atoms with van der Waals surface area (Å²) in [4.78, 5) is 8.16. The molecule has 0 saturated heterocycles. The lowest BCUT2D eigenvalue weighted by Gasteiger charge is -2.10. The average Bonchev–Trinajstić information content (AvgIpc) is 2.69. The highest BCUT2D eigenvalue weighted by atomic mass is 32.2. The molecular formula is C19H18FN3O3S. The summed E-state index contributed by atoms with van der Waals surface area (Å²) >= 11 is 0. The lowest BCUT2D eigenvalue weighted by atomic mass is 10.1. The first-order chi connectivity index (χ1) is 13.0. The molecule has 2 aromatic heterocycles. The van der Waals surface area contributed by atoms with Gasteiger partial charge in [0.05, 0.1) is 17.2 Å². The Kier molecular flexibility index (Phi) is 5.78. The maximum absolute atomic E-state index is 13.9. The van der Waals surface area contributed by atoms with Crippen LogP contribution in [0.4, 0.5) is 4.39 Å². The van der Waals surface area contributed by atoms with Crippen molar-refractivity contribution in [2.45, 2.75) is 18.4 Å². The zero-order valence-electron chi connectivity index (χ0n) is 14.6. The van der Waals surface area contributed by atoms with E-state index < -0.39 is 15.8 Å². The Bertz CT molecular complexity index is 1030. The Morgan fingerprint density at radius 3 is 2.70 bits per heavy atom. The summed E-state index contributed by atoms with van der Waals surface area (Å²) in [5.74, 6) is -0.700. The summed E-state index contributed by atoms with van der Waals surface area (Å²) in [5.41, 5.74) is 2.24. The third kappa shape index (κ3) is 4.66. The smallest absolute Gasteiger partial charge is 0.240 e. The largest absolute Gasteiger partial charge is 0.491 e. The van der Waals surface area contributed by atoms with Crippen molar-refractivity contribution in [1.29, 1.82) is 0 Å². The van der Waals surface area contributed by atoms with Gasteiger partial charge in [-0.1, -0.05) is 0 Å². The standard InChI is InChI=1S/C19H18FN3O3S/c1-2-26-19-6-5-16(11-17(19)20)27(24,25)23-12-14-7-9-22-18(10-14)15-4-3-8-21-13-15/h3-11,13,23H,2,12H2,1H3. The number of sulfonamides is 1. The van der Waals surface area contributed by atoms with Crippen LogP contribution in [0.5, 0.6) is 5.75 Å². The van der Waals surface area contributed by atoms with Crippen molar-refractivity contribution >= 4 is 10.0 Å². The Hall–Kier alpha value is -2.84. The highest BCUT2D eigenvalue weighted by Crippen LogP contribution is 2.21. The van der Waals surface area contributed by atoms with Gasteiger partial charge in [-0.2, -0.15) is 0 Å². The monoisotopic (exact) mass is 387 g/mol. The number of nitrogens with zero attached hydrogens (tertiary/aromatic N) is 2. The van der Waals surface area contributed by atoms with Crippen LogP contribution < -0.4 is 9.46 Å². The molecule has 2 heterocycles. The van der Waals surface area contributed by atoms with Gasteiger partial charge >= 0.3 is 0 Å². The maximum atomic E-state index is 13.9. The number of hydrogen-bond acceptors (Lipinski definition) is 5. The molecule has 0 unspecified atom stereocenters. The van der Waals surface area contributed by atoms with Crippen LogP contribution in [0, 0.1) is 5.82 Å². The lowest BCUT2D eigenvalue weighted by molar-refractivity contribution is 0.321. The minimum Gasteiger partial charge on any atom is -0.491 e. The number of rotatable bonds is 7. The van der Waals surface area contributed by atoms with Gasteiger partial charge in [0.2, 0.25) is 10.0 Å². The molecule has 0 atom stereocenters. The number of benzene rings is 1. The van der Waals surface area contributed by atoms with Crippen LogP contribution >= 0.6 is 0 Å². The van der Waals surface area contributed by atoms with Crippen LogP contribution in [0.15, 0.2) is 66.0 Å². The van der Waals surface area contributed by atoms with Gasteiger partial charge in [0.1, 0.15) is 0 Å². The first-order valence-corrected chi connectivity index (χ1v) is 9.75. The summed E-state index contributed by atoms with van der Waals surface area (Å²) < 4.78 is 46.4. The van der Waals surface area contributed by atoms with Crippen LogP contribution in [0.1, 0.15) is 12.5 Å². The first kappa shape index (κ1) is 18.9. The minimum atomic E-state index is -3.87. The van der Waals surface area contributed by atoms with Crippen molar-refractivity contribution in [2.75, 3.05) is 6.61 Å². The average molecular weight is 387 g/mol. The number of aromatic nitrogens is 2. The van der Waals surface area contributed by atoms with Crippen molar-refractivity contribution in [3.05, 3.63) is 72.4 Å². The summed E-state index contributed by atoms with van der Waals surface area (Å²) in [7, 11) is -3.87. The Morgan fingerprint density at radius 1 is 1.15 bits per heavy atom. The van der Waals surface area contributed by atoms with E-state index in [1.807, 2.05) is 6.07 Å². The molecule has 0 spiro atoms. The quantitative estimate of drug-likeness (QED) is 0.673. The lowest BCUT2D eigenvalue weighted by Crippen LogP contribution is -2.23. The molecule has 0 amide bonds. The molecule has 3 rings (SSSR count). The fourth-order valence-electron chi connectivity index (χ4n) is 2.44. The fourth-order valence-corrected chi connectivity index (χ4v) is 3.47. The molecule has 0 bridgehead atoms. The summed E-state index contributed by atoms with van der Waals surface area (Å²) in [5, 5.41) is 0. The van der Waals surface area contributed by atoms with E-state index >= 15 is 0 Å². The van der Waals surface area contributed by atoms with Crippen LogP contribution in [-0.2, 0) is 16.6 Å². The van der Waals surface area contributed by atoms with E-state index in [1.165, 1.54) is 12.1 Å². The van der Waals surface area contributed by atoms with E-state index in [4.69, 9.17) is 4.74 Å². The highest BCUT2D eigenvalue weighted by Gasteiger charge is 2.17. The normalized spacial score (nSPS) is 11.3. The molecule has 0 aliphatic carbocycles. The van der Waals surface area contributed by atoms with Gasteiger partial charge in [-0.15, -0.1) is 0 Å². The number of hydrogen-bond donors (Lipinski definition) is 1. The molecule has 8 heteroatoms. The number of ether oxygens (including phenoxy) is 1. The van der Waals surface area contributed by atoms with E-state index in [1.54, 1.807) is 43.7 Å². The summed E-state index contributed by atoms with van der Waals surface area (Å²) in [6.45, 7) is 2.07. The molecule has 0 aliphatic rings. The van der Waals surface area contributed by atoms with E-state index in [0.29, 0.717) is 12.3 Å². The molecule has 1 aromatic carbocycles. The molecule has 27 heavy (non-hydrogen) atoms.